The first-order valence-corrected chi connectivity index (χ1v) is 6.58. The highest BCUT2D eigenvalue weighted by Gasteiger charge is 2.18. The van der Waals surface area contributed by atoms with E-state index in [9.17, 15) is 4.79 Å². The van der Waals surface area contributed by atoms with Gasteiger partial charge < -0.3 is 14.2 Å². The lowest BCUT2D eigenvalue weighted by Crippen LogP contribution is -2.04. The fourth-order valence-electron chi connectivity index (χ4n) is 2.01. The number of hydrogen-bond donors (Lipinski definition) is 0. The zero-order valence-corrected chi connectivity index (χ0v) is 12.7. The molecule has 2 rings (SSSR count). The monoisotopic (exact) mass is 306 g/mol. The molecule has 0 aliphatic heterocycles. The van der Waals surface area contributed by atoms with Crippen molar-refractivity contribution in [2.24, 2.45) is 0 Å². The molecule has 0 unspecified atom stereocenters. The highest BCUT2D eigenvalue weighted by Crippen LogP contribution is 2.38. The standard InChI is InChI=1S/C16H15ClO4/c1-19-13-8-11(9-14(20-2)16(13)21-3)15(18)10-5-4-6-12(17)7-10/h4-9H,1-3H3. The number of carbonyl (C=O) groups is 1. The molecule has 0 heterocycles. The Morgan fingerprint density at radius 3 is 2.00 bits per heavy atom. The molecule has 0 N–H and O–H groups in total. The van der Waals surface area contributed by atoms with Gasteiger partial charge in [-0.2, -0.15) is 0 Å². The summed E-state index contributed by atoms with van der Waals surface area (Å²) in [5, 5.41) is 0.508. The smallest absolute Gasteiger partial charge is 0.203 e. The van der Waals surface area contributed by atoms with Gasteiger partial charge >= 0.3 is 0 Å². The van der Waals surface area contributed by atoms with Crippen LogP contribution in [0.3, 0.4) is 0 Å². The Bertz CT molecular complexity index is 642. The maximum absolute atomic E-state index is 12.5. The lowest BCUT2D eigenvalue weighted by atomic mass is 10.0. The summed E-state index contributed by atoms with van der Waals surface area (Å²) >= 11 is 5.92. The molecular weight excluding hydrogens is 292 g/mol. The van der Waals surface area contributed by atoms with Crippen molar-refractivity contribution in [1.82, 2.24) is 0 Å². The van der Waals surface area contributed by atoms with Crippen molar-refractivity contribution in [2.75, 3.05) is 21.3 Å². The summed E-state index contributed by atoms with van der Waals surface area (Å²) in [7, 11) is 4.52. The molecule has 0 saturated carbocycles. The highest BCUT2D eigenvalue weighted by molar-refractivity contribution is 6.31. The van der Waals surface area contributed by atoms with Gasteiger partial charge in [0.25, 0.3) is 0 Å². The average Bonchev–Trinajstić information content (AvgIpc) is 2.52. The third-order valence-electron chi connectivity index (χ3n) is 3.01. The van der Waals surface area contributed by atoms with Crippen molar-refractivity contribution < 1.29 is 19.0 Å². The van der Waals surface area contributed by atoms with Crippen LogP contribution in [0.5, 0.6) is 17.2 Å². The van der Waals surface area contributed by atoms with E-state index in [1.165, 1.54) is 21.3 Å². The number of halogens is 1. The van der Waals surface area contributed by atoms with Crippen LogP contribution in [0.1, 0.15) is 15.9 Å². The first kappa shape index (κ1) is 15.2. The van der Waals surface area contributed by atoms with Crippen LogP contribution in [0.4, 0.5) is 0 Å². The molecule has 0 bridgehead atoms. The minimum absolute atomic E-state index is 0.170. The zero-order valence-electron chi connectivity index (χ0n) is 12.0. The van der Waals surface area contributed by atoms with Crippen LogP contribution >= 0.6 is 11.6 Å². The molecule has 0 aliphatic rings. The molecule has 21 heavy (non-hydrogen) atoms. The van der Waals surface area contributed by atoms with Crippen molar-refractivity contribution in [3.05, 3.63) is 52.5 Å². The molecule has 0 aromatic heterocycles. The van der Waals surface area contributed by atoms with E-state index in [0.29, 0.717) is 33.4 Å². The van der Waals surface area contributed by atoms with Crippen molar-refractivity contribution in [1.29, 1.82) is 0 Å². The summed E-state index contributed by atoms with van der Waals surface area (Å²) < 4.78 is 15.7. The van der Waals surface area contributed by atoms with Crippen LogP contribution in [-0.2, 0) is 0 Å². The topological polar surface area (TPSA) is 44.8 Å². The van der Waals surface area contributed by atoms with E-state index in [0.717, 1.165) is 0 Å². The predicted molar refractivity (Wildman–Crippen MR) is 81.0 cm³/mol. The molecular formula is C16H15ClO4. The van der Waals surface area contributed by atoms with Gasteiger partial charge in [0.2, 0.25) is 5.75 Å². The molecule has 2 aromatic rings. The van der Waals surface area contributed by atoms with Crippen LogP contribution in [0, 0.1) is 0 Å². The molecule has 110 valence electrons. The predicted octanol–water partition coefficient (Wildman–Crippen LogP) is 3.60. The van der Waals surface area contributed by atoms with E-state index < -0.39 is 0 Å². The number of ether oxygens (including phenoxy) is 3. The van der Waals surface area contributed by atoms with Crippen LogP contribution in [-0.4, -0.2) is 27.1 Å². The lowest BCUT2D eigenvalue weighted by molar-refractivity contribution is 0.103. The van der Waals surface area contributed by atoms with Gasteiger partial charge in [0.1, 0.15) is 0 Å². The van der Waals surface area contributed by atoms with E-state index in [-0.39, 0.29) is 5.78 Å². The second-order valence-corrected chi connectivity index (χ2v) is 4.69. The highest BCUT2D eigenvalue weighted by atomic mass is 35.5. The van der Waals surface area contributed by atoms with Gasteiger partial charge in [0.15, 0.2) is 17.3 Å². The minimum atomic E-state index is -0.170. The summed E-state index contributed by atoms with van der Waals surface area (Å²) in [6.45, 7) is 0. The summed E-state index contributed by atoms with van der Waals surface area (Å²) in [6, 6.07) is 10.0. The number of rotatable bonds is 5. The maximum Gasteiger partial charge on any atom is 0.203 e. The summed E-state index contributed by atoms with van der Waals surface area (Å²) in [5.41, 5.74) is 0.934. The number of carbonyl (C=O) groups excluding carboxylic acids is 1. The van der Waals surface area contributed by atoms with E-state index in [1.807, 2.05) is 0 Å². The van der Waals surface area contributed by atoms with E-state index in [2.05, 4.69) is 0 Å². The molecule has 0 aliphatic carbocycles. The SMILES string of the molecule is COc1cc(C(=O)c2cccc(Cl)c2)cc(OC)c1OC. The third kappa shape index (κ3) is 3.11. The molecule has 0 spiro atoms. The third-order valence-corrected chi connectivity index (χ3v) is 3.25. The Morgan fingerprint density at radius 1 is 0.905 bits per heavy atom. The molecule has 0 fully saturated rings. The Balaban J connectivity index is 2.51. The largest absolute Gasteiger partial charge is 0.493 e. The number of methoxy groups -OCH3 is 3. The molecule has 0 amide bonds. The minimum Gasteiger partial charge on any atom is -0.493 e. The van der Waals surface area contributed by atoms with Crippen molar-refractivity contribution in [2.45, 2.75) is 0 Å². The number of ketones is 1. The van der Waals surface area contributed by atoms with E-state index in [1.54, 1.807) is 36.4 Å². The first-order chi connectivity index (χ1) is 10.1. The van der Waals surface area contributed by atoms with Crippen LogP contribution in [0.2, 0.25) is 5.02 Å². The zero-order chi connectivity index (χ0) is 15.4. The Kier molecular flexibility index (Phi) is 4.70. The van der Waals surface area contributed by atoms with Gasteiger partial charge in [0.05, 0.1) is 21.3 Å². The Labute approximate surface area is 128 Å². The van der Waals surface area contributed by atoms with Gasteiger partial charge in [-0.1, -0.05) is 23.7 Å². The lowest BCUT2D eigenvalue weighted by Gasteiger charge is -2.13. The van der Waals surface area contributed by atoms with Crippen LogP contribution in [0.15, 0.2) is 36.4 Å². The summed E-state index contributed by atoms with van der Waals surface area (Å²) in [4.78, 5) is 12.5. The summed E-state index contributed by atoms with van der Waals surface area (Å²) in [5.74, 6) is 1.14. The molecule has 4 nitrogen and oxygen atoms in total. The quantitative estimate of drug-likeness (QED) is 0.792. The van der Waals surface area contributed by atoms with Gasteiger partial charge in [0, 0.05) is 16.1 Å². The van der Waals surface area contributed by atoms with Gasteiger partial charge in [-0.15, -0.1) is 0 Å². The van der Waals surface area contributed by atoms with Gasteiger partial charge in [-0.25, -0.2) is 0 Å². The van der Waals surface area contributed by atoms with E-state index >= 15 is 0 Å². The normalized spacial score (nSPS) is 10.1. The van der Waals surface area contributed by atoms with Crippen LogP contribution in [0.25, 0.3) is 0 Å². The van der Waals surface area contributed by atoms with Crippen molar-refractivity contribution in [3.63, 3.8) is 0 Å². The van der Waals surface area contributed by atoms with E-state index in [4.69, 9.17) is 25.8 Å². The number of hydrogen-bond acceptors (Lipinski definition) is 4. The molecule has 0 atom stereocenters. The fraction of sp³-hybridized carbons (Fsp3) is 0.188. The fourth-order valence-corrected chi connectivity index (χ4v) is 2.20. The van der Waals surface area contributed by atoms with Crippen LogP contribution < -0.4 is 14.2 Å². The first-order valence-electron chi connectivity index (χ1n) is 6.21. The average molecular weight is 307 g/mol. The molecule has 5 heteroatoms. The van der Waals surface area contributed by atoms with Crippen molar-refractivity contribution in [3.8, 4) is 17.2 Å². The van der Waals surface area contributed by atoms with Crippen molar-refractivity contribution >= 4 is 17.4 Å². The van der Waals surface area contributed by atoms with Gasteiger partial charge in [-0.05, 0) is 24.3 Å². The van der Waals surface area contributed by atoms with Gasteiger partial charge in [-0.3, -0.25) is 4.79 Å². The molecule has 0 saturated heterocycles. The molecule has 0 radical (unpaired) electrons. The second kappa shape index (κ2) is 6.50. The number of benzene rings is 2. The maximum atomic E-state index is 12.5. The summed E-state index contributed by atoms with van der Waals surface area (Å²) in [6.07, 6.45) is 0. The molecule has 2 aromatic carbocycles. The second-order valence-electron chi connectivity index (χ2n) is 4.25. The Hall–Kier alpha value is -2.20. The Morgan fingerprint density at radius 2 is 1.52 bits per heavy atom.